The highest BCUT2D eigenvalue weighted by atomic mass is 16.4. The van der Waals surface area contributed by atoms with Gasteiger partial charge in [-0.15, -0.1) is 0 Å². The van der Waals surface area contributed by atoms with Crippen LogP contribution in [0.2, 0.25) is 0 Å². The molecule has 1 fully saturated rings. The molecular formula is C16H26N4O6. The zero-order valence-corrected chi connectivity index (χ0v) is 15.5. The molecule has 26 heavy (non-hydrogen) atoms. The molecular weight excluding hydrogens is 344 g/mol. The predicted octanol–water partition coefficient (Wildman–Crippen LogP) is -0.465. The van der Waals surface area contributed by atoms with Crippen LogP contribution in [0.4, 0.5) is 4.79 Å². The van der Waals surface area contributed by atoms with Crippen molar-refractivity contribution in [3.05, 3.63) is 0 Å². The summed E-state index contributed by atoms with van der Waals surface area (Å²) in [5.74, 6) is -2.72. The maximum absolute atomic E-state index is 12.6. The minimum Gasteiger partial charge on any atom is -0.480 e. The molecule has 0 aromatic rings. The van der Waals surface area contributed by atoms with E-state index in [1.165, 1.54) is 13.8 Å². The van der Waals surface area contributed by atoms with Gasteiger partial charge in [0.15, 0.2) is 0 Å². The van der Waals surface area contributed by atoms with Gasteiger partial charge in [-0.3, -0.25) is 19.3 Å². The molecule has 5 amide bonds. The Morgan fingerprint density at radius 3 is 2.27 bits per heavy atom. The summed E-state index contributed by atoms with van der Waals surface area (Å²) in [5.41, 5.74) is -1.03. The predicted molar refractivity (Wildman–Crippen MR) is 91.1 cm³/mol. The Balaban J connectivity index is 2.91. The molecule has 0 aromatic carbocycles. The molecule has 3 N–H and O–H groups in total. The summed E-state index contributed by atoms with van der Waals surface area (Å²) in [6.07, 6.45) is 0.771. The Bertz CT molecular complexity index is 602. The first-order chi connectivity index (χ1) is 12.1. The van der Waals surface area contributed by atoms with Gasteiger partial charge in [-0.2, -0.15) is 0 Å². The molecule has 1 unspecified atom stereocenters. The van der Waals surface area contributed by atoms with E-state index >= 15 is 0 Å². The van der Waals surface area contributed by atoms with Gasteiger partial charge < -0.3 is 20.6 Å². The van der Waals surface area contributed by atoms with Crippen molar-refractivity contribution < 1.29 is 29.1 Å². The number of carboxylic acid groups (broad SMARTS) is 1. The molecule has 1 atom stereocenters. The lowest BCUT2D eigenvalue weighted by Gasteiger charge is -2.28. The number of hydrogen-bond donors (Lipinski definition) is 3. The molecule has 1 aliphatic rings. The van der Waals surface area contributed by atoms with Gasteiger partial charge >= 0.3 is 12.0 Å². The molecule has 0 aromatic heterocycles. The van der Waals surface area contributed by atoms with E-state index in [4.69, 9.17) is 0 Å². The zero-order chi connectivity index (χ0) is 20.1. The van der Waals surface area contributed by atoms with E-state index in [0.717, 1.165) is 9.80 Å². The highest BCUT2D eigenvalue weighted by Crippen LogP contribution is 2.24. The number of imide groups is 1. The molecule has 1 saturated heterocycles. The molecule has 146 valence electrons. The van der Waals surface area contributed by atoms with Crippen LogP contribution in [0, 0.1) is 0 Å². The number of nitrogens with one attached hydrogen (secondary N) is 2. The Morgan fingerprint density at radius 1 is 1.27 bits per heavy atom. The second-order valence-electron chi connectivity index (χ2n) is 6.19. The van der Waals surface area contributed by atoms with Gasteiger partial charge in [0.25, 0.3) is 5.91 Å². The van der Waals surface area contributed by atoms with Crippen molar-refractivity contribution in [2.75, 3.05) is 19.6 Å². The first-order valence-electron chi connectivity index (χ1n) is 8.50. The van der Waals surface area contributed by atoms with Crippen molar-refractivity contribution in [2.24, 2.45) is 0 Å². The van der Waals surface area contributed by atoms with Crippen molar-refractivity contribution in [1.29, 1.82) is 0 Å². The molecule has 1 aliphatic heterocycles. The summed E-state index contributed by atoms with van der Waals surface area (Å²) in [6.45, 7) is 5.61. The Hall–Kier alpha value is -2.65. The van der Waals surface area contributed by atoms with Crippen LogP contribution in [0.15, 0.2) is 0 Å². The minimum atomic E-state index is -1.23. The van der Waals surface area contributed by atoms with Gasteiger partial charge in [-0.25, -0.2) is 9.59 Å². The standard InChI is InChI=1S/C16H26N4O6/c1-5-16(6-2)14(25)20(15(26)18-16)9-12(22)19(10(3)13(23)24)8-7-17-11(4)21/h10H,5-9H2,1-4H3,(H,17,21)(H,18,26)(H,23,24). The van der Waals surface area contributed by atoms with Crippen LogP contribution < -0.4 is 10.6 Å². The Kier molecular flexibility index (Phi) is 7.10. The number of carboxylic acids is 1. The van der Waals surface area contributed by atoms with Crippen molar-refractivity contribution in [3.63, 3.8) is 0 Å². The van der Waals surface area contributed by atoms with Crippen LogP contribution in [-0.4, -0.2) is 75.8 Å². The highest BCUT2D eigenvalue weighted by molar-refractivity contribution is 6.09. The van der Waals surface area contributed by atoms with Crippen LogP contribution in [0.5, 0.6) is 0 Å². The Labute approximate surface area is 151 Å². The Morgan fingerprint density at radius 2 is 1.85 bits per heavy atom. The van der Waals surface area contributed by atoms with Gasteiger partial charge in [-0.1, -0.05) is 13.8 Å². The van der Waals surface area contributed by atoms with Gasteiger partial charge in [0.05, 0.1) is 0 Å². The van der Waals surface area contributed by atoms with Gasteiger partial charge in [0, 0.05) is 20.0 Å². The summed E-state index contributed by atoms with van der Waals surface area (Å²) < 4.78 is 0. The number of carbonyl (C=O) groups is 5. The van der Waals surface area contributed by atoms with E-state index in [1.54, 1.807) is 13.8 Å². The lowest BCUT2D eigenvalue weighted by atomic mass is 9.93. The number of amides is 5. The number of carbonyl (C=O) groups excluding carboxylic acids is 4. The van der Waals surface area contributed by atoms with Crippen molar-refractivity contribution in [2.45, 2.75) is 52.1 Å². The molecule has 0 spiro atoms. The summed E-state index contributed by atoms with van der Waals surface area (Å²) >= 11 is 0. The van der Waals surface area contributed by atoms with E-state index in [0.29, 0.717) is 12.8 Å². The summed E-state index contributed by atoms with van der Waals surface area (Å²) in [7, 11) is 0. The lowest BCUT2D eigenvalue weighted by molar-refractivity contribution is -0.150. The molecule has 1 rings (SSSR count). The average Bonchev–Trinajstić information content (AvgIpc) is 2.82. The number of hydrogen-bond acceptors (Lipinski definition) is 5. The van der Waals surface area contributed by atoms with E-state index in [1.807, 2.05) is 0 Å². The maximum atomic E-state index is 12.6. The van der Waals surface area contributed by atoms with Gasteiger partial charge in [0.1, 0.15) is 18.1 Å². The van der Waals surface area contributed by atoms with Crippen LogP contribution in [0.25, 0.3) is 0 Å². The fourth-order valence-electron chi connectivity index (χ4n) is 2.80. The first-order valence-corrected chi connectivity index (χ1v) is 8.50. The van der Waals surface area contributed by atoms with E-state index in [9.17, 15) is 29.1 Å². The summed E-state index contributed by atoms with van der Waals surface area (Å²) in [6, 6.07) is -1.84. The van der Waals surface area contributed by atoms with Crippen LogP contribution in [-0.2, 0) is 19.2 Å². The quantitative estimate of drug-likeness (QED) is 0.470. The molecule has 0 aliphatic carbocycles. The maximum Gasteiger partial charge on any atom is 0.326 e. The lowest BCUT2D eigenvalue weighted by Crippen LogP contribution is -2.51. The average molecular weight is 370 g/mol. The summed E-state index contributed by atoms with van der Waals surface area (Å²) in [4.78, 5) is 61.3. The zero-order valence-electron chi connectivity index (χ0n) is 15.5. The smallest absolute Gasteiger partial charge is 0.326 e. The van der Waals surface area contributed by atoms with Crippen molar-refractivity contribution in [1.82, 2.24) is 20.4 Å². The van der Waals surface area contributed by atoms with Crippen LogP contribution >= 0.6 is 0 Å². The monoisotopic (exact) mass is 370 g/mol. The SMILES string of the molecule is CCC1(CC)NC(=O)N(CC(=O)N(CCNC(C)=O)C(C)C(=O)O)C1=O. The molecule has 1 heterocycles. The third kappa shape index (κ3) is 4.50. The number of aliphatic carboxylic acids is 1. The van der Waals surface area contributed by atoms with E-state index in [2.05, 4.69) is 10.6 Å². The molecule has 10 heteroatoms. The summed E-state index contributed by atoms with van der Waals surface area (Å²) in [5, 5.41) is 14.3. The highest BCUT2D eigenvalue weighted by Gasteiger charge is 2.49. The van der Waals surface area contributed by atoms with Gasteiger partial charge in [-0.05, 0) is 19.8 Å². The van der Waals surface area contributed by atoms with E-state index in [-0.39, 0.29) is 19.0 Å². The van der Waals surface area contributed by atoms with Crippen LogP contribution in [0.3, 0.4) is 0 Å². The third-order valence-corrected chi connectivity index (χ3v) is 4.62. The fourth-order valence-corrected chi connectivity index (χ4v) is 2.80. The topological polar surface area (TPSA) is 136 Å². The third-order valence-electron chi connectivity index (χ3n) is 4.62. The normalized spacial score (nSPS) is 16.8. The second-order valence-corrected chi connectivity index (χ2v) is 6.19. The van der Waals surface area contributed by atoms with Crippen LogP contribution in [0.1, 0.15) is 40.5 Å². The molecule has 0 bridgehead atoms. The number of urea groups is 1. The molecule has 10 nitrogen and oxygen atoms in total. The molecule has 0 radical (unpaired) electrons. The first kappa shape index (κ1) is 21.4. The number of nitrogens with zero attached hydrogens (tertiary/aromatic N) is 2. The fraction of sp³-hybridized carbons (Fsp3) is 0.688. The molecule has 0 saturated carbocycles. The van der Waals surface area contributed by atoms with Gasteiger partial charge in [0.2, 0.25) is 11.8 Å². The minimum absolute atomic E-state index is 0.0533. The largest absolute Gasteiger partial charge is 0.480 e. The van der Waals surface area contributed by atoms with E-state index < -0.39 is 41.9 Å². The second kappa shape index (κ2) is 8.63. The van der Waals surface area contributed by atoms with Crippen molar-refractivity contribution in [3.8, 4) is 0 Å². The number of rotatable bonds is 9. The van der Waals surface area contributed by atoms with Crippen molar-refractivity contribution >= 4 is 29.7 Å².